The number of carbonyl (C=O) groups excluding carboxylic acids is 1. The summed E-state index contributed by atoms with van der Waals surface area (Å²) in [5.74, 6) is -0.148. The van der Waals surface area contributed by atoms with Gasteiger partial charge in [-0.1, -0.05) is 38.1 Å². The molecule has 1 unspecified atom stereocenters. The number of sulfonamides is 1. The maximum absolute atomic E-state index is 11.8. The fraction of sp³-hybridized carbons (Fsp3) is 0.588. The van der Waals surface area contributed by atoms with Crippen molar-refractivity contribution in [3.63, 3.8) is 0 Å². The summed E-state index contributed by atoms with van der Waals surface area (Å²) in [6.45, 7) is 6.49. The molecule has 1 aromatic carbocycles. The van der Waals surface area contributed by atoms with Gasteiger partial charge in [0.2, 0.25) is 15.9 Å². The first-order valence-corrected chi connectivity index (χ1v) is 10.1. The third-order valence-electron chi connectivity index (χ3n) is 3.70. The number of rotatable bonds is 11. The number of ether oxygens (including phenoxy) is 1. The third kappa shape index (κ3) is 8.44. The molecule has 0 saturated carbocycles. The van der Waals surface area contributed by atoms with Crippen molar-refractivity contribution in [2.24, 2.45) is 5.73 Å². The molecule has 8 heteroatoms. The predicted octanol–water partition coefficient (Wildman–Crippen LogP) is 0.882. The summed E-state index contributed by atoms with van der Waals surface area (Å²) in [6, 6.07) is 7.59. The lowest BCUT2D eigenvalue weighted by Crippen LogP contribution is -2.40. The minimum absolute atomic E-state index is 0.102. The molecular weight excluding hydrogens is 342 g/mol. The second-order valence-corrected chi connectivity index (χ2v) is 8.00. The lowest BCUT2D eigenvalue weighted by molar-refractivity contribution is -0.120. The second-order valence-electron chi connectivity index (χ2n) is 6.07. The van der Waals surface area contributed by atoms with Crippen LogP contribution in [0.4, 0.5) is 0 Å². The van der Waals surface area contributed by atoms with Crippen LogP contribution in [0.3, 0.4) is 0 Å². The average Bonchev–Trinajstić information content (AvgIpc) is 2.58. The van der Waals surface area contributed by atoms with E-state index < -0.39 is 15.9 Å². The number of hydrogen-bond acceptors (Lipinski definition) is 5. The monoisotopic (exact) mass is 371 g/mol. The Balaban J connectivity index is 2.37. The van der Waals surface area contributed by atoms with E-state index in [-0.39, 0.29) is 31.5 Å². The van der Waals surface area contributed by atoms with Crippen molar-refractivity contribution in [2.75, 3.05) is 32.1 Å². The van der Waals surface area contributed by atoms with Crippen molar-refractivity contribution in [3.8, 4) is 0 Å². The topological polar surface area (TPSA) is 111 Å². The zero-order valence-corrected chi connectivity index (χ0v) is 15.9. The number of hydrogen-bond donors (Lipinski definition) is 3. The van der Waals surface area contributed by atoms with Crippen LogP contribution in [0.15, 0.2) is 24.3 Å². The van der Waals surface area contributed by atoms with E-state index in [1.54, 1.807) is 6.92 Å². The highest BCUT2D eigenvalue weighted by atomic mass is 32.2. The Hall–Kier alpha value is -1.48. The van der Waals surface area contributed by atoms with Gasteiger partial charge in [-0.2, -0.15) is 0 Å². The molecule has 0 aromatic heterocycles. The zero-order chi connectivity index (χ0) is 18.9. The molecule has 0 aliphatic carbocycles. The molecule has 1 rings (SSSR count). The Bertz CT molecular complexity index is 630. The fourth-order valence-corrected chi connectivity index (χ4v) is 2.93. The molecule has 25 heavy (non-hydrogen) atoms. The van der Waals surface area contributed by atoms with Gasteiger partial charge < -0.3 is 15.8 Å². The molecule has 0 bridgehead atoms. The zero-order valence-electron chi connectivity index (χ0n) is 15.1. The van der Waals surface area contributed by atoms with Crippen molar-refractivity contribution in [2.45, 2.75) is 32.7 Å². The molecule has 0 aliphatic rings. The molecule has 4 N–H and O–H groups in total. The molecule has 1 amide bonds. The Morgan fingerprint density at radius 1 is 1.20 bits per heavy atom. The highest BCUT2D eigenvalue weighted by Gasteiger charge is 2.13. The molecule has 1 aromatic rings. The molecule has 0 aliphatic heterocycles. The van der Waals surface area contributed by atoms with Crippen molar-refractivity contribution in [1.29, 1.82) is 0 Å². The first kappa shape index (κ1) is 21.6. The van der Waals surface area contributed by atoms with Crippen LogP contribution in [0.5, 0.6) is 0 Å². The van der Waals surface area contributed by atoms with E-state index in [0.717, 1.165) is 5.56 Å². The van der Waals surface area contributed by atoms with Gasteiger partial charge in [0.25, 0.3) is 0 Å². The van der Waals surface area contributed by atoms with Crippen LogP contribution in [0, 0.1) is 0 Å². The van der Waals surface area contributed by atoms with Crippen LogP contribution in [-0.2, 0) is 19.6 Å². The Labute approximate surface area is 150 Å². The number of benzene rings is 1. The normalized spacial score (nSPS) is 13.0. The predicted molar refractivity (Wildman–Crippen MR) is 98.8 cm³/mol. The van der Waals surface area contributed by atoms with Gasteiger partial charge in [0, 0.05) is 19.2 Å². The smallest absolute Gasteiger partial charge is 0.235 e. The Morgan fingerprint density at radius 3 is 2.36 bits per heavy atom. The summed E-state index contributed by atoms with van der Waals surface area (Å²) in [7, 11) is -3.52. The molecule has 0 heterocycles. The van der Waals surface area contributed by atoms with Crippen molar-refractivity contribution in [3.05, 3.63) is 35.4 Å². The molecule has 0 saturated heterocycles. The summed E-state index contributed by atoms with van der Waals surface area (Å²) in [4.78, 5) is 11.8. The van der Waals surface area contributed by atoms with Crippen LogP contribution in [0.1, 0.15) is 43.9 Å². The van der Waals surface area contributed by atoms with Gasteiger partial charge in [-0.3, -0.25) is 4.79 Å². The van der Waals surface area contributed by atoms with E-state index in [1.165, 1.54) is 5.56 Å². The lowest BCUT2D eigenvalue weighted by Gasteiger charge is -2.15. The summed E-state index contributed by atoms with van der Waals surface area (Å²) >= 11 is 0. The first-order chi connectivity index (χ1) is 11.7. The minimum Gasteiger partial charge on any atom is -0.381 e. The number of nitrogens with two attached hydrogens (primary N) is 1. The lowest BCUT2D eigenvalue weighted by atomic mass is 9.99. The summed E-state index contributed by atoms with van der Waals surface area (Å²) in [6.07, 6.45) is 0. The number of amides is 1. The Morgan fingerprint density at radius 2 is 1.80 bits per heavy atom. The van der Waals surface area contributed by atoms with Gasteiger partial charge in [0.1, 0.15) is 0 Å². The van der Waals surface area contributed by atoms with E-state index in [1.807, 2.05) is 24.3 Å². The molecule has 1 atom stereocenters. The minimum atomic E-state index is -3.52. The SMILES string of the molecule is CCOCCS(=O)(=O)NCC(=O)NCC(N)c1ccc(C(C)C)cc1. The standard InChI is InChI=1S/C17H29N3O4S/c1-4-24-9-10-25(22,23)20-12-17(21)19-11-16(18)15-7-5-14(6-8-15)13(2)3/h5-8,13,16,20H,4,9-12,18H2,1-3H3,(H,19,21). The molecule has 0 radical (unpaired) electrons. The third-order valence-corrected chi connectivity index (χ3v) is 4.99. The number of carbonyl (C=O) groups is 1. The van der Waals surface area contributed by atoms with E-state index >= 15 is 0 Å². The molecule has 142 valence electrons. The van der Waals surface area contributed by atoms with Crippen LogP contribution >= 0.6 is 0 Å². The maximum Gasteiger partial charge on any atom is 0.235 e. The largest absolute Gasteiger partial charge is 0.381 e. The summed E-state index contributed by atoms with van der Waals surface area (Å²) in [5, 5.41) is 2.64. The van der Waals surface area contributed by atoms with Gasteiger partial charge in [0.15, 0.2) is 0 Å². The highest BCUT2D eigenvalue weighted by Crippen LogP contribution is 2.17. The second kappa shape index (κ2) is 10.5. The van der Waals surface area contributed by atoms with Gasteiger partial charge in [-0.25, -0.2) is 13.1 Å². The van der Waals surface area contributed by atoms with Gasteiger partial charge in [0.05, 0.1) is 18.9 Å². The van der Waals surface area contributed by atoms with Crippen LogP contribution in [0.2, 0.25) is 0 Å². The average molecular weight is 372 g/mol. The number of nitrogens with one attached hydrogen (secondary N) is 2. The van der Waals surface area contributed by atoms with E-state index in [9.17, 15) is 13.2 Å². The van der Waals surface area contributed by atoms with Gasteiger partial charge in [-0.05, 0) is 24.0 Å². The maximum atomic E-state index is 11.8. The molecule has 0 fully saturated rings. The van der Waals surface area contributed by atoms with Crippen molar-refractivity contribution >= 4 is 15.9 Å². The molecule has 7 nitrogen and oxygen atoms in total. The van der Waals surface area contributed by atoms with Crippen molar-refractivity contribution < 1.29 is 17.9 Å². The highest BCUT2D eigenvalue weighted by molar-refractivity contribution is 7.89. The molecule has 0 spiro atoms. The van der Waals surface area contributed by atoms with E-state index in [0.29, 0.717) is 12.5 Å². The summed E-state index contributed by atoms with van der Waals surface area (Å²) < 4.78 is 30.6. The van der Waals surface area contributed by atoms with E-state index in [4.69, 9.17) is 10.5 Å². The van der Waals surface area contributed by atoms with Gasteiger partial charge in [-0.15, -0.1) is 0 Å². The van der Waals surface area contributed by atoms with Crippen LogP contribution < -0.4 is 15.8 Å². The first-order valence-electron chi connectivity index (χ1n) is 8.42. The Kier molecular flexibility index (Phi) is 9.05. The van der Waals surface area contributed by atoms with Crippen LogP contribution in [0.25, 0.3) is 0 Å². The molecular formula is C17H29N3O4S. The van der Waals surface area contributed by atoms with Crippen LogP contribution in [-0.4, -0.2) is 46.4 Å². The quantitative estimate of drug-likeness (QED) is 0.500. The fourth-order valence-electron chi connectivity index (χ4n) is 2.09. The van der Waals surface area contributed by atoms with Crippen molar-refractivity contribution in [1.82, 2.24) is 10.0 Å². The van der Waals surface area contributed by atoms with Gasteiger partial charge >= 0.3 is 0 Å². The summed E-state index contributed by atoms with van der Waals surface area (Å²) in [5.41, 5.74) is 8.20. The van der Waals surface area contributed by atoms with E-state index in [2.05, 4.69) is 23.9 Å².